The maximum Gasteiger partial charge on any atom is 0.253 e. The fraction of sp³-hybridized carbons (Fsp3) is 0.227. The molecular formula is C22H19ClN4O2. The van der Waals surface area contributed by atoms with Crippen LogP contribution in [0.2, 0.25) is 5.02 Å². The maximum atomic E-state index is 12.7. The minimum absolute atomic E-state index is 0.0134. The van der Waals surface area contributed by atoms with Crippen LogP contribution in [0.4, 0.5) is 5.88 Å². The second-order valence-corrected chi connectivity index (χ2v) is 7.32. The van der Waals surface area contributed by atoms with Gasteiger partial charge in [0.1, 0.15) is 6.07 Å². The fourth-order valence-corrected chi connectivity index (χ4v) is 3.56. The van der Waals surface area contributed by atoms with Crippen LogP contribution in [0.3, 0.4) is 0 Å². The Hall–Kier alpha value is -3.30. The molecule has 7 heteroatoms. The Labute approximate surface area is 173 Å². The van der Waals surface area contributed by atoms with E-state index < -0.39 is 0 Å². The van der Waals surface area contributed by atoms with Gasteiger partial charge in [0.2, 0.25) is 17.5 Å². The summed E-state index contributed by atoms with van der Waals surface area (Å²) in [4.78, 5) is 20.8. The first-order valence-corrected chi connectivity index (χ1v) is 9.71. The van der Waals surface area contributed by atoms with Crippen LogP contribution in [0.1, 0.15) is 21.6 Å². The first-order valence-electron chi connectivity index (χ1n) is 9.33. The molecule has 2 heterocycles. The summed E-state index contributed by atoms with van der Waals surface area (Å²) < 4.78 is 5.91. The average Bonchev–Trinajstić information content (AvgIpc) is 3.18. The third kappa shape index (κ3) is 3.82. The highest BCUT2D eigenvalue weighted by Gasteiger charge is 2.27. The van der Waals surface area contributed by atoms with Gasteiger partial charge in [0.15, 0.2) is 0 Å². The topological polar surface area (TPSA) is 73.4 Å². The van der Waals surface area contributed by atoms with Crippen LogP contribution >= 0.6 is 11.6 Å². The van der Waals surface area contributed by atoms with Gasteiger partial charge in [-0.1, -0.05) is 41.4 Å². The van der Waals surface area contributed by atoms with Gasteiger partial charge in [0.25, 0.3) is 5.91 Å². The first-order chi connectivity index (χ1) is 14.1. The number of hydrogen-bond donors (Lipinski definition) is 0. The number of piperazine rings is 1. The van der Waals surface area contributed by atoms with Gasteiger partial charge >= 0.3 is 0 Å². The summed E-state index contributed by atoms with van der Waals surface area (Å²) in [5.74, 6) is 0.754. The predicted molar refractivity (Wildman–Crippen MR) is 111 cm³/mol. The molecule has 0 aliphatic carbocycles. The Kier molecular flexibility index (Phi) is 5.24. The molecule has 0 spiro atoms. The van der Waals surface area contributed by atoms with Gasteiger partial charge in [0, 0.05) is 31.7 Å². The van der Waals surface area contributed by atoms with Crippen molar-refractivity contribution in [3.8, 4) is 17.5 Å². The van der Waals surface area contributed by atoms with E-state index in [4.69, 9.17) is 16.0 Å². The van der Waals surface area contributed by atoms with Gasteiger partial charge in [-0.05, 0) is 31.2 Å². The zero-order valence-corrected chi connectivity index (χ0v) is 16.7. The number of aryl methyl sites for hydroxylation is 1. The molecule has 4 rings (SSSR count). The lowest BCUT2D eigenvalue weighted by molar-refractivity contribution is 0.0745. The van der Waals surface area contributed by atoms with Crippen LogP contribution in [0.25, 0.3) is 11.5 Å². The molecule has 0 unspecified atom stereocenters. The number of carbonyl (C=O) groups is 1. The molecule has 3 aromatic rings. The standard InChI is InChI=1S/C22H19ClN4O2/c1-15-6-8-16(9-7-15)21(28)26-10-12-27(13-11-26)22-19(14-24)25-20(29-22)17-4-2-3-5-18(17)23/h2-9H,10-13H2,1H3. The van der Waals surface area contributed by atoms with E-state index in [2.05, 4.69) is 11.1 Å². The number of nitriles is 1. The minimum atomic E-state index is 0.0134. The SMILES string of the molecule is Cc1ccc(C(=O)N2CCN(c3oc(-c4ccccc4Cl)nc3C#N)CC2)cc1. The Morgan fingerprint density at radius 1 is 1.10 bits per heavy atom. The van der Waals surface area contributed by atoms with Crippen molar-refractivity contribution >= 4 is 23.4 Å². The zero-order chi connectivity index (χ0) is 20.4. The maximum absolute atomic E-state index is 12.7. The lowest BCUT2D eigenvalue weighted by Crippen LogP contribution is -2.48. The molecule has 1 fully saturated rings. The van der Waals surface area contributed by atoms with Gasteiger partial charge in [0.05, 0.1) is 10.6 Å². The van der Waals surface area contributed by atoms with E-state index in [0.29, 0.717) is 54.1 Å². The van der Waals surface area contributed by atoms with E-state index in [-0.39, 0.29) is 11.6 Å². The highest BCUT2D eigenvalue weighted by atomic mass is 35.5. The number of nitrogens with zero attached hydrogens (tertiary/aromatic N) is 4. The summed E-state index contributed by atoms with van der Waals surface area (Å²) in [6.45, 7) is 4.19. The van der Waals surface area contributed by atoms with Crippen LogP contribution < -0.4 is 4.90 Å². The number of carbonyl (C=O) groups excluding carboxylic acids is 1. The molecule has 146 valence electrons. The van der Waals surface area contributed by atoms with Crippen LogP contribution in [-0.2, 0) is 0 Å². The molecular weight excluding hydrogens is 388 g/mol. The number of aromatic nitrogens is 1. The van der Waals surface area contributed by atoms with E-state index in [0.717, 1.165) is 5.56 Å². The molecule has 1 aromatic heterocycles. The lowest BCUT2D eigenvalue weighted by atomic mass is 10.1. The predicted octanol–water partition coefficient (Wildman–Crippen LogP) is 4.14. The van der Waals surface area contributed by atoms with Gasteiger partial charge in [-0.25, -0.2) is 0 Å². The fourth-order valence-electron chi connectivity index (χ4n) is 3.34. The van der Waals surface area contributed by atoms with E-state index >= 15 is 0 Å². The van der Waals surface area contributed by atoms with Crippen LogP contribution in [-0.4, -0.2) is 42.0 Å². The molecule has 1 aliphatic rings. The first kappa shape index (κ1) is 19.0. The van der Waals surface area contributed by atoms with Crippen molar-refractivity contribution in [2.45, 2.75) is 6.92 Å². The molecule has 0 bridgehead atoms. The highest BCUT2D eigenvalue weighted by Crippen LogP contribution is 2.32. The summed E-state index contributed by atoms with van der Waals surface area (Å²) in [6, 6.07) is 16.9. The molecule has 0 atom stereocenters. The number of anilines is 1. The van der Waals surface area contributed by atoms with E-state index in [1.807, 2.05) is 53.1 Å². The Balaban J connectivity index is 1.50. The third-order valence-corrected chi connectivity index (χ3v) is 5.30. The monoisotopic (exact) mass is 406 g/mol. The molecule has 6 nitrogen and oxygen atoms in total. The zero-order valence-electron chi connectivity index (χ0n) is 15.9. The molecule has 29 heavy (non-hydrogen) atoms. The van der Waals surface area contributed by atoms with Gasteiger partial charge < -0.3 is 14.2 Å². The van der Waals surface area contributed by atoms with Gasteiger partial charge in [-0.2, -0.15) is 10.2 Å². The number of oxazole rings is 1. The van der Waals surface area contributed by atoms with Crippen LogP contribution in [0, 0.1) is 18.3 Å². The molecule has 0 N–H and O–H groups in total. The largest absolute Gasteiger partial charge is 0.419 e. The second kappa shape index (κ2) is 7.98. The lowest BCUT2D eigenvalue weighted by Gasteiger charge is -2.34. The van der Waals surface area contributed by atoms with Crippen LogP contribution in [0.15, 0.2) is 52.9 Å². The van der Waals surface area contributed by atoms with E-state index in [9.17, 15) is 10.1 Å². The third-order valence-electron chi connectivity index (χ3n) is 4.97. The molecule has 0 radical (unpaired) electrons. The average molecular weight is 407 g/mol. The molecule has 1 amide bonds. The van der Waals surface area contributed by atoms with Crippen LogP contribution in [0.5, 0.6) is 0 Å². The van der Waals surface area contributed by atoms with E-state index in [1.165, 1.54) is 0 Å². The van der Waals surface area contributed by atoms with Crippen molar-refractivity contribution < 1.29 is 9.21 Å². The van der Waals surface area contributed by atoms with Crippen molar-refractivity contribution in [1.82, 2.24) is 9.88 Å². The smallest absolute Gasteiger partial charge is 0.253 e. The molecule has 2 aromatic carbocycles. The minimum Gasteiger partial charge on any atom is -0.419 e. The Morgan fingerprint density at radius 2 is 1.79 bits per heavy atom. The highest BCUT2D eigenvalue weighted by molar-refractivity contribution is 6.33. The summed E-state index contributed by atoms with van der Waals surface area (Å²) in [6.07, 6.45) is 0. The van der Waals surface area contributed by atoms with Crippen molar-refractivity contribution in [2.24, 2.45) is 0 Å². The molecule has 1 saturated heterocycles. The van der Waals surface area contributed by atoms with Crippen molar-refractivity contribution in [3.05, 3.63) is 70.4 Å². The summed E-state index contributed by atoms with van der Waals surface area (Å²) in [5.41, 5.74) is 2.67. The quantitative estimate of drug-likeness (QED) is 0.653. The van der Waals surface area contributed by atoms with Gasteiger partial charge in [-0.3, -0.25) is 4.79 Å². The summed E-state index contributed by atoms with van der Waals surface area (Å²) in [5, 5.41) is 10.0. The van der Waals surface area contributed by atoms with Gasteiger partial charge in [-0.15, -0.1) is 0 Å². The van der Waals surface area contributed by atoms with Crippen molar-refractivity contribution in [2.75, 3.05) is 31.1 Å². The normalized spacial score (nSPS) is 14.0. The van der Waals surface area contributed by atoms with E-state index in [1.54, 1.807) is 12.1 Å². The summed E-state index contributed by atoms with van der Waals surface area (Å²) in [7, 11) is 0. The second-order valence-electron chi connectivity index (χ2n) is 6.91. The number of hydrogen-bond acceptors (Lipinski definition) is 5. The molecule has 1 aliphatic heterocycles. The summed E-state index contributed by atoms with van der Waals surface area (Å²) >= 11 is 6.23. The number of benzene rings is 2. The van der Waals surface area contributed by atoms with Crippen molar-refractivity contribution in [3.63, 3.8) is 0 Å². The molecule has 0 saturated carbocycles. The number of halogens is 1. The number of rotatable bonds is 3. The number of amides is 1. The Morgan fingerprint density at radius 3 is 2.45 bits per heavy atom. The van der Waals surface area contributed by atoms with Crippen molar-refractivity contribution in [1.29, 1.82) is 5.26 Å². The Bertz CT molecular complexity index is 1080.